The maximum Gasteiger partial charge on any atom is 0.330 e. The van der Waals surface area contributed by atoms with Crippen molar-refractivity contribution in [3.8, 4) is 0 Å². The highest BCUT2D eigenvalue weighted by Crippen LogP contribution is 2.02. The molecule has 1 rings (SSSR count). The van der Waals surface area contributed by atoms with Crippen LogP contribution in [0.5, 0.6) is 0 Å². The van der Waals surface area contributed by atoms with Gasteiger partial charge in [-0.25, -0.2) is 4.79 Å². The van der Waals surface area contributed by atoms with Crippen molar-refractivity contribution in [1.82, 2.24) is 0 Å². The van der Waals surface area contributed by atoms with Gasteiger partial charge in [-0.15, -0.1) is 0 Å². The lowest BCUT2D eigenvalue weighted by Crippen LogP contribution is -2.01. The van der Waals surface area contributed by atoms with Crippen LogP contribution in [0.25, 0.3) is 0 Å². The van der Waals surface area contributed by atoms with E-state index in [4.69, 9.17) is 4.74 Å². The summed E-state index contributed by atoms with van der Waals surface area (Å²) in [7, 11) is 0. The van der Waals surface area contributed by atoms with Crippen LogP contribution in [0.2, 0.25) is 0 Å². The fraction of sp³-hybridized carbons (Fsp3) is 0.500. The predicted octanol–water partition coefficient (Wildman–Crippen LogP) is 3.55. The van der Waals surface area contributed by atoms with Crippen LogP contribution in [-0.2, 0) is 9.53 Å². The lowest BCUT2D eigenvalue weighted by molar-refractivity contribution is -0.137. The molecule has 0 aliphatic carbocycles. The average molecular weight is 220 g/mol. The molecule has 0 aromatic carbocycles. The molecule has 16 heavy (non-hydrogen) atoms. The number of allylic oxidation sites excluding steroid dienone is 5. The van der Waals surface area contributed by atoms with E-state index >= 15 is 0 Å². The van der Waals surface area contributed by atoms with E-state index in [9.17, 15) is 4.79 Å². The molecule has 0 atom stereocenters. The van der Waals surface area contributed by atoms with Crippen LogP contribution in [0.3, 0.4) is 0 Å². The highest BCUT2D eigenvalue weighted by molar-refractivity contribution is 5.81. The molecule has 0 spiro atoms. The maximum atomic E-state index is 11.2. The van der Waals surface area contributed by atoms with Gasteiger partial charge in [0.1, 0.15) is 0 Å². The van der Waals surface area contributed by atoms with Gasteiger partial charge in [0, 0.05) is 6.08 Å². The van der Waals surface area contributed by atoms with Crippen LogP contribution in [0.1, 0.15) is 38.5 Å². The number of hydrogen-bond donors (Lipinski definition) is 0. The molecule has 88 valence electrons. The summed E-state index contributed by atoms with van der Waals surface area (Å²) in [4.78, 5) is 11.2. The number of hydrogen-bond acceptors (Lipinski definition) is 2. The summed E-state index contributed by atoms with van der Waals surface area (Å²) in [6.07, 6.45) is 18.1. The first-order valence-electron chi connectivity index (χ1n) is 6.04. The molecule has 0 saturated carbocycles. The Balaban J connectivity index is 2.35. The Bertz CT molecular complexity index is 274. The molecular weight excluding hydrogens is 200 g/mol. The minimum Gasteiger partial charge on any atom is -0.463 e. The van der Waals surface area contributed by atoms with E-state index < -0.39 is 0 Å². The Hall–Kier alpha value is -1.31. The second-order valence-corrected chi connectivity index (χ2v) is 3.85. The van der Waals surface area contributed by atoms with Gasteiger partial charge in [-0.1, -0.05) is 30.4 Å². The summed E-state index contributed by atoms with van der Waals surface area (Å²) in [6.45, 7) is 0.535. The summed E-state index contributed by atoms with van der Waals surface area (Å²) >= 11 is 0. The first-order valence-corrected chi connectivity index (χ1v) is 6.04. The summed E-state index contributed by atoms with van der Waals surface area (Å²) in [5.74, 6) is -0.207. The Morgan fingerprint density at radius 2 is 1.56 bits per heavy atom. The van der Waals surface area contributed by atoms with Gasteiger partial charge in [-0.3, -0.25) is 0 Å². The summed E-state index contributed by atoms with van der Waals surface area (Å²) < 4.78 is 5.05. The molecular formula is C14H20O2. The second kappa shape index (κ2) is 8.96. The van der Waals surface area contributed by atoms with E-state index in [-0.39, 0.29) is 5.97 Å². The van der Waals surface area contributed by atoms with Crippen LogP contribution < -0.4 is 0 Å². The number of esters is 1. The van der Waals surface area contributed by atoms with Gasteiger partial charge >= 0.3 is 5.97 Å². The maximum absolute atomic E-state index is 11.2. The van der Waals surface area contributed by atoms with E-state index in [1.165, 1.54) is 0 Å². The zero-order chi connectivity index (χ0) is 11.5. The van der Waals surface area contributed by atoms with Crippen molar-refractivity contribution in [2.24, 2.45) is 0 Å². The van der Waals surface area contributed by atoms with Gasteiger partial charge in [0.2, 0.25) is 0 Å². The van der Waals surface area contributed by atoms with Crippen molar-refractivity contribution < 1.29 is 9.53 Å². The molecule has 1 aliphatic heterocycles. The number of ether oxygens (including phenoxy) is 1. The lowest BCUT2D eigenvalue weighted by atomic mass is 10.2. The van der Waals surface area contributed by atoms with Crippen LogP contribution in [-0.4, -0.2) is 12.6 Å². The fourth-order valence-electron chi connectivity index (χ4n) is 1.47. The molecule has 1 heterocycles. The van der Waals surface area contributed by atoms with Crippen molar-refractivity contribution in [2.75, 3.05) is 6.61 Å². The van der Waals surface area contributed by atoms with Gasteiger partial charge < -0.3 is 4.74 Å². The van der Waals surface area contributed by atoms with Crippen LogP contribution >= 0.6 is 0 Å². The second-order valence-electron chi connectivity index (χ2n) is 3.85. The van der Waals surface area contributed by atoms with Crippen molar-refractivity contribution in [2.45, 2.75) is 38.5 Å². The van der Waals surface area contributed by atoms with E-state index in [0.29, 0.717) is 6.61 Å². The van der Waals surface area contributed by atoms with Crippen LogP contribution in [0.4, 0.5) is 0 Å². The van der Waals surface area contributed by atoms with Gasteiger partial charge in [0.25, 0.3) is 0 Å². The Labute approximate surface area is 97.7 Å². The lowest BCUT2D eigenvalue weighted by Gasteiger charge is -2.00. The molecule has 0 fully saturated rings. The topological polar surface area (TPSA) is 26.3 Å². The van der Waals surface area contributed by atoms with Crippen LogP contribution in [0.15, 0.2) is 36.5 Å². The van der Waals surface area contributed by atoms with E-state index in [2.05, 4.69) is 24.3 Å². The predicted molar refractivity (Wildman–Crippen MR) is 66.1 cm³/mol. The summed E-state index contributed by atoms with van der Waals surface area (Å²) in [6, 6.07) is 0. The molecule has 0 radical (unpaired) electrons. The molecule has 1 aliphatic rings. The fourth-order valence-corrected chi connectivity index (χ4v) is 1.47. The Morgan fingerprint density at radius 1 is 0.875 bits per heavy atom. The highest BCUT2D eigenvalue weighted by atomic mass is 16.5. The molecule has 0 N–H and O–H groups in total. The standard InChI is InChI=1S/C14H20O2/c15-14-12-10-8-6-4-2-1-3-5-7-9-11-13-16-14/h1-3,5,10,12H,4,6-9,11,13H2/b2-1+,5-3+,12-10+. The molecule has 2 nitrogen and oxygen atoms in total. The molecule has 0 saturated heterocycles. The summed E-state index contributed by atoms with van der Waals surface area (Å²) in [5, 5.41) is 0. The monoisotopic (exact) mass is 220 g/mol. The van der Waals surface area contributed by atoms with E-state index in [0.717, 1.165) is 38.5 Å². The number of carbonyl (C=O) groups is 1. The molecule has 0 amide bonds. The van der Waals surface area contributed by atoms with E-state index in [1.54, 1.807) is 6.08 Å². The third kappa shape index (κ3) is 7.04. The highest BCUT2D eigenvalue weighted by Gasteiger charge is 1.95. The minimum atomic E-state index is -0.207. The van der Waals surface area contributed by atoms with Crippen molar-refractivity contribution >= 4 is 5.97 Å². The SMILES string of the molecule is O=C1/C=C/CCC/C=C/C=C/CCCCO1. The van der Waals surface area contributed by atoms with Gasteiger partial charge in [-0.05, 0) is 38.5 Å². The smallest absolute Gasteiger partial charge is 0.330 e. The zero-order valence-electron chi connectivity index (χ0n) is 9.73. The van der Waals surface area contributed by atoms with Crippen LogP contribution in [0, 0.1) is 0 Å². The molecule has 0 aromatic rings. The molecule has 0 aromatic heterocycles. The van der Waals surface area contributed by atoms with Gasteiger partial charge in [0.05, 0.1) is 6.61 Å². The molecule has 0 bridgehead atoms. The quantitative estimate of drug-likeness (QED) is 0.583. The third-order valence-corrected chi connectivity index (χ3v) is 2.39. The first kappa shape index (κ1) is 12.8. The average Bonchev–Trinajstić information content (AvgIpc) is 2.29. The summed E-state index contributed by atoms with van der Waals surface area (Å²) in [5.41, 5.74) is 0. The Kier molecular flexibility index (Phi) is 7.14. The van der Waals surface area contributed by atoms with Crippen molar-refractivity contribution in [3.63, 3.8) is 0 Å². The third-order valence-electron chi connectivity index (χ3n) is 2.39. The van der Waals surface area contributed by atoms with Crippen molar-refractivity contribution in [3.05, 3.63) is 36.5 Å². The number of cyclic esters (lactones) is 1. The molecule has 2 heteroatoms. The number of carbonyl (C=O) groups excluding carboxylic acids is 1. The normalized spacial score (nSPS) is 25.9. The van der Waals surface area contributed by atoms with Gasteiger partial charge in [-0.2, -0.15) is 0 Å². The van der Waals surface area contributed by atoms with E-state index in [1.807, 2.05) is 6.08 Å². The molecule has 0 unspecified atom stereocenters. The minimum absolute atomic E-state index is 0.207. The van der Waals surface area contributed by atoms with Gasteiger partial charge in [0.15, 0.2) is 0 Å². The Morgan fingerprint density at radius 3 is 2.38 bits per heavy atom. The first-order chi connectivity index (χ1) is 7.89. The zero-order valence-corrected chi connectivity index (χ0v) is 9.73. The van der Waals surface area contributed by atoms with Crippen molar-refractivity contribution in [1.29, 1.82) is 0 Å². The number of rotatable bonds is 0. The largest absolute Gasteiger partial charge is 0.463 e.